The molecule has 9 heteroatoms. The maximum Gasteiger partial charge on any atom is 0.326 e. The van der Waals surface area contributed by atoms with Gasteiger partial charge in [0, 0.05) is 37.3 Å². The summed E-state index contributed by atoms with van der Waals surface area (Å²) < 4.78 is 0. The predicted octanol–water partition coefficient (Wildman–Crippen LogP) is 3.35. The zero-order valence-corrected chi connectivity index (χ0v) is 20.7. The average molecular weight is 493 g/mol. The van der Waals surface area contributed by atoms with Crippen LogP contribution in [0.3, 0.4) is 0 Å². The van der Waals surface area contributed by atoms with Gasteiger partial charge in [-0.1, -0.05) is 18.2 Å². The van der Waals surface area contributed by atoms with Crippen molar-refractivity contribution in [2.45, 2.75) is 51.0 Å². The molecule has 0 spiro atoms. The highest BCUT2D eigenvalue weighted by atomic mass is 16.4. The van der Waals surface area contributed by atoms with E-state index in [0.29, 0.717) is 25.2 Å². The Kier molecular flexibility index (Phi) is 9.40. The number of nitrogens with zero attached hydrogens (tertiary/aromatic N) is 4. The lowest BCUT2D eigenvalue weighted by atomic mass is 10.1. The summed E-state index contributed by atoms with van der Waals surface area (Å²) in [7, 11) is 0. The van der Waals surface area contributed by atoms with Gasteiger partial charge in [-0.3, -0.25) is 0 Å². The van der Waals surface area contributed by atoms with Crippen molar-refractivity contribution >= 4 is 28.5 Å². The van der Waals surface area contributed by atoms with Crippen molar-refractivity contribution in [3.63, 3.8) is 0 Å². The Balaban J connectivity index is 1.29. The second-order valence-corrected chi connectivity index (χ2v) is 9.28. The van der Waals surface area contributed by atoms with Crippen LogP contribution in [0.5, 0.6) is 0 Å². The second-order valence-electron chi connectivity index (χ2n) is 9.28. The van der Waals surface area contributed by atoms with Gasteiger partial charge in [0.1, 0.15) is 24.0 Å². The second kappa shape index (κ2) is 13.1. The van der Waals surface area contributed by atoms with Gasteiger partial charge in [-0.15, -0.1) is 0 Å². The number of carboxylic acids is 1. The molecule has 0 fully saturated rings. The van der Waals surface area contributed by atoms with Gasteiger partial charge in [-0.05, 0) is 75.3 Å². The molecule has 1 aromatic carbocycles. The third-order valence-corrected chi connectivity index (χ3v) is 6.63. The molecule has 0 unspecified atom stereocenters. The summed E-state index contributed by atoms with van der Waals surface area (Å²) in [6, 6.07) is 11.1. The van der Waals surface area contributed by atoms with Gasteiger partial charge in [0.05, 0.1) is 5.52 Å². The van der Waals surface area contributed by atoms with E-state index >= 15 is 0 Å². The van der Waals surface area contributed by atoms with Crippen LogP contribution in [0.15, 0.2) is 42.7 Å². The number of para-hydroxylation sites is 1. The van der Waals surface area contributed by atoms with Gasteiger partial charge in [-0.2, -0.15) is 0 Å². The van der Waals surface area contributed by atoms with Crippen molar-refractivity contribution in [3.05, 3.63) is 54.0 Å². The van der Waals surface area contributed by atoms with Crippen LogP contribution in [0.1, 0.15) is 43.4 Å². The van der Waals surface area contributed by atoms with Crippen molar-refractivity contribution in [3.8, 4) is 0 Å². The minimum atomic E-state index is -0.910. The Hall–Kier alpha value is -3.30. The number of carboxylic acid groups (broad SMARTS) is 1. The van der Waals surface area contributed by atoms with Crippen LogP contribution in [0.2, 0.25) is 0 Å². The summed E-state index contributed by atoms with van der Waals surface area (Å²) in [5.41, 5.74) is 3.18. The van der Waals surface area contributed by atoms with Crippen LogP contribution in [0, 0.1) is 0 Å². The van der Waals surface area contributed by atoms with Crippen molar-refractivity contribution in [1.29, 1.82) is 0 Å². The minimum absolute atomic E-state index is 0.121. The van der Waals surface area contributed by atoms with E-state index in [9.17, 15) is 15.0 Å². The number of hydrogen-bond donors (Lipinski definition) is 4. The molecule has 36 heavy (non-hydrogen) atoms. The molecular weight excluding hydrogens is 456 g/mol. The molecule has 1 atom stereocenters. The van der Waals surface area contributed by atoms with E-state index in [1.807, 2.05) is 24.3 Å². The molecule has 1 aliphatic rings. The number of fused-ring (bicyclic) bond motifs is 2. The van der Waals surface area contributed by atoms with E-state index in [4.69, 9.17) is 4.98 Å². The number of hydrogen-bond acceptors (Lipinski definition) is 8. The molecule has 1 aliphatic heterocycles. The summed E-state index contributed by atoms with van der Waals surface area (Å²) in [5.74, 6) is 0.654. The van der Waals surface area contributed by atoms with Crippen LogP contribution in [-0.2, 0) is 17.6 Å². The van der Waals surface area contributed by atoms with Crippen molar-refractivity contribution in [2.75, 3.05) is 43.4 Å². The van der Waals surface area contributed by atoms with Gasteiger partial charge in [0.2, 0.25) is 0 Å². The Morgan fingerprint density at radius 2 is 1.94 bits per heavy atom. The number of aliphatic hydroxyl groups is 1. The summed E-state index contributed by atoms with van der Waals surface area (Å²) >= 11 is 0. The maximum atomic E-state index is 12.0. The number of rotatable bonds is 14. The van der Waals surface area contributed by atoms with Gasteiger partial charge in [0.15, 0.2) is 0 Å². The molecule has 0 radical (unpaired) electrons. The SMILES string of the molecule is O=C(O)[C@H](CCN(CCCO)CCCCc1ccc2c(n1)NCCC2)Nc1ncnc2ccccc12. The summed E-state index contributed by atoms with van der Waals surface area (Å²) in [6.45, 7) is 3.32. The van der Waals surface area contributed by atoms with E-state index in [1.54, 1.807) is 0 Å². The molecule has 4 rings (SSSR count). The molecule has 0 bridgehead atoms. The molecule has 4 N–H and O–H groups in total. The average Bonchev–Trinajstić information content (AvgIpc) is 2.91. The number of pyridine rings is 1. The number of aryl methyl sites for hydroxylation is 2. The molecule has 3 aromatic rings. The topological polar surface area (TPSA) is 124 Å². The summed E-state index contributed by atoms with van der Waals surface area (Å²) in [6.07, 6.45) is 7.71. The quantitative estimate of drug-likeness (QED) is 0.251. The molecule has 0 saturated carbocycles. The molecule has 0 amide bonds. The third kappa shape index (κ3) is 7.11. The van der Waals surface area contributed by atoms with Crippen molar-refractivity contribution in [1.82, 2.24) is 19.9 Å². The van der Waals surface area contributed by atoms with Gasteiger partial charge < -0.3 is 25.7 Å². The smallest absolute Gasteiger partial charge is 0.326 e. The highest BCUT2D eigenvalue weighted by Crippen LogP contribution is 2.21. The van der Waals surface area contributed by atoms with Gasteiger partial charge in [-0.25, -0.2) is 19.7 Å². The first-order valence-corrected chi connectivity index (χ1v) is 12.9. The number of carbonyl (C=O) groups is 1. The fraction of sp³-hybridized carbons (Fsp3) is 0.481. The van der Waals surface area contributed by atoms with Crippen LogP contribution in [0.25, 0.3) is 10.9 Å². The standard InChI is InChI=1S/C27H36N6O3/c34-18-6-16-33(15-4-3-8-21-12-11-20-7-5-14-28-25(20)31-21)17-13-24(27(35)36)32-26-22-9-1-2-10-23(22)29-19-30-26/h1-2,9-12,19,24,34H,3-8,13-18H2,(H,28,31)(H,35,36)(H,29,30,32)/t24-/m0/s1. The fourth-order valence-corrected chi connectivity index (χ4v) is 4.63. The Morgan fingerprint density at radius 1 is 1.08 bits per heavy atom. The van der Waals surface area contributed by atoms with E-state index in [-0.39, 0.29) is 6.61 Å². The number of benzene rings is 1. The molecule has 9 nitrogen and oxygen atoms in total. The molecule has 2 aromatic heterocycles. The molecular formula is C27H36N6O3. The molecule has 0 saturated heterocycles. The lowest BCUT2D eigenvalue weighted by molar-refractivity contribution is -0.138. The van der Waals surface area contributed by atoms with Crippen LogP contribution in [-0.4, -0.2) is 74.9 Å². The zero-order chi connectivity index (χ0) is 25.2. The van der Waals surface area contributed by atoms with Crippen LogP contribution in [0.4, 0.5) is 11.6 Å². The zero-order valence-electron chi connectivity index (χ0n) is 20.7. The first-order valence-electron chi connectivity index (χ1n) is 12.9. The number of aliphatic carboxylic acids is 1. The lowest BCUT2D eigenvalue weighted by Crippen LogP contribution is -2.36. The van der Waals surface area contributed by atoms with E-state index in [2.05, 4.69) is 37.6 Å². The summed E-state index contributed by atoms with van der Waals surface area (Å²) in [5, 5.41) is 26.5. The number of aromatic nitrogens is 3. The van der Waals surface area contributed by atoms with Crippen LogP contribution >= 0.6 is 0 Å². The highest BCUT2D eigenvalue weighted by molar-refractivity contribution is 5.90. The van der Waals surface area contributed by atoms with Gasteiger partial charge >= 0.3 is 5.97 Å². The van der Waals surface area contributed by atoms with Crippen molar-refractivity contribution in [2.24, 2.45) is 0 Å². The Bertz CT molecular complexity index is 1140. The highest BCUT2D eigenvalue weighted by Gasteiger charge is 2.20. The lowest BCUT2D eigenvalue weighted by Gasteiger charge is -2.24. The fourth-order valence-electron chi connectivity index (χ4n) is 4.63. The van der Waals surface area contributed by atoms with Gasteiger partial charge in [0.25, 0.3) is 0 Å². The number of aliphatic hydroxyl groups excluding tert-OH is 1. The third-order valence-electron chi connectivity index (χ3n) is 6.63. The van der Waals surface area contributed by atoms with E-state index < -0.39 is 12.0 Å². The number of nitrogens with one attached hydrogen (secondary N) is 2. The normalized spacial score (nSPS) is 13.8. The number of unbranched alkanes of at least 4 members (excludes halogenated alkanes) is 1. The Morgan fingerprint density at radius 3 is 2.81 bits per heavy atom. The number of anilines is 2. The van der Waals surface area contributed by atoms with Crippen molar-refractivity contribution < 1.29 is 15.0 Å². The monoisotopic (exact) mass is 492 g/mol. The molecule has 192 valence electrons. The van der Waals surface area contributed by atoms with E-state index in [1.165, 1.54) is 11.9 Å². The molecule has 0 aliphatic carbocycles. The minimum Gasteiger partial charge on any atom is -0.480 e. The largest absolute Gasteiger partial charge is 0.480 e. The first-order chi connectivity index (χ1) is 17.6. The van der Waals surface area contributed by atoms with Crippen LogP contribution < -0.4 is 10.6 Å². The maximum absolute atomic E-state index is 12.0. The summed E-state index contributed by atoms with van der Waals surface area (Å²) in [4.78, 5) is 27.6. The van der Waals surface area contributed by atoms with E-state index in [0.717, 1.165) is 74.2 Å². The predicted molar refractivity (Wildman–Crippen MR) is 141 cm³/mol. The molecule has 3 heterocycles. The Labute approximate surface area is 212 Å². The first kappa shape index (κ1) is 25.8.